The van der Waals surface area contributed by atoms with E-state index in [2.05, 4.69) is 0 Å². The second-order valence-electron chi connectivity index (χ2n) is 8.19. The van der Waals surface area contributed by atoms with E-state index in [0.29, 0.717) is 17.7 Å². The maximum Gasteiger partial charge on any atom is 0.338 e. The molecule has 0 spiro atoms. The molecule has 0 bridgehead atoms. The van der Waals surface area contributed by atoms with Crippen molar-refractivity contribution in [2.45, 2.75) is 52.2 Å². The standard InChI is InChI=1S/C27H31NO5/c1-3-32-25(29)18-28(24-11-7-8-12-24)26(30)20(2)17-21-13-15-23(16-14-21)27(31)33-19-22-9-5-4-6-10-22/h4-6,9-10,13-17,24H,3,7-8,11-12,18-19H2,1-2H3/b20-17+. The van der Waals surface area contributed by atoms with E-state index < -0.39 is 5.97 Å². The van der Waals surface area contributed by atoms with Crippen LogP contribution in [0.15, 0.2) is 60.2 Å². The molecule has 0 unspecified atom stereocenters. The van der Waals surface area contributed by atoms with E-state index in [9.17, 15) is 14.4 Å². The van der Waals surface area contributed by atoms with E-state index in [1.165, 1.54) is 0 Å². The predicted molar refractivity (Wildman–Crippen MR) is 126 cm³/mol. The van der Waals surface area contributed by atoms with Crippen LogP contribution in [0.3, 0.4) is 0 Å². The molecule has 0 radical (unpaired) electrons. The van der Waals surface area contributed by atoms with Crippen molar-refractivity contribution in [3.8, 4) is 0 Å². The summed E-state index contributed by atoms with van der Waals surface area (Å²) in [7, 11) is 0. The van der Waals surface area contributed by atoms with Crippen LogP contribution in [0.5, 0.6) is 0 Å². The molecule has 0 heterocycles. The Balaban J connectivity index is 1.64. The van der Waals surface area contributed by atoms with Crippen LogP contribution < -0.4 is 0 Å². The monoisotopic (exact) mass is 449 g/mol. The summed E-state index contributed by atoms with van der Waals surface area (Å²) < 4.78 is 10.4. The van der Waals surface area contributed by atoms with Gasteiger partial charge in [-0.15, -0.1) is 0 Å². The summed E-state index contributed by atoms with van der Waals surface area (Å²) >= 11 is 0. The lowest BCUT2D eigenvalue weighted by Gasteiger charge is -2.28. The third-order valence-corrected chi connectivity index (χ3v) is 5.71. The minimum atomic E-state index is -0.399. The van der Waals surface area contributed by atoms with Crippen molar-refractivity contribution in [2.24, 2.45) is 0 Å². The second-order valence-corrected chi connectivity index (χ2v) is 8.19. The van der Waals surface area contributed by atoms with Crippen LogP contribution in [-0.2, 0) is 25.7 Å². The highest BCUT2D eigenvalue weighted by atomic mass is 16.5. The van der Waals surface area contributed by atoms with Crippen molar-refractivity contribution >= 4 is 23.9 Å². The Morgan fingerprint density at radius 3 is 2.27 bits per heavy atom. The molecule has 0 aromatic heterocycles. The molecule has 6 heteroatoms. The molecule has 2 aromatic carbocycles. The molecule has 174 valence electrons. The van der Waals surface area contributed by atoms with Gasteiger partial charge in [0.1, 0.15) is 13.2 Å². The zero-order chi connectivity index (χ0) is 23.6. The van der Waals surface area contributed by atoms with Gasteiger partial charge in [0.15, 0.2) is 0 Å². The van der Waals surface area contributed by atoms with Crippen LogP contribution in [0.1, 0.15) is 61.0 Å². The molecule has 0 aliphatic heterocycles. The third-order valence-electron chi connectivity index (χ3n) is 5.71. The molecule has 1 aliphatic carbocycles. The first-order valence-corrected chi connectivity index (χ1v) is 11.4. The van der Waals surface area contributed by atoms with Gasteiger partial charge in [0.2, 0.25) is 5.91 Å². The highest BCUT2D eigenvalue weighted by Gasteiger charge is 2.29. The SMILES string of the molecule is CCOC(=O)CN(C(=O)/C(C)=C/c1ccc(C(=O)OCc2ccccc2)cc1)C1CCCC1. The lowest BCUT2D eigenvalue weighted by molar-refractivity contribution is -0.149. The molecule has 1 fully saturated rings. The highest BCUT2D eigenvalue weighted by molar-refractivity contribution is 5.99. The summed E-state index contributed by atoms with van der Waals surface area (Å²) in [6.45, 7) is 3.98. The van der Waals surface area contributed by atoms with Crippen molar-refractivity contribution in [1.29, 1.82) is 0 Å². The number of benzene rings is 2. The molecular weight excluding hydrogens is 418 g/mol. The molecule has 3 rings (SSSR count). The summed E-state index contributed by atoms with van der Waals surface area (Å²) in [5.74, 6) is -0.950. The van der Waals surface area contributed by atoms with Gasteiger partial charge in [0.25, 0.3) is 0 Å². The number of carbonyl (C=O) groups is 3. The van der Waals surface area contributed by atoms with Crippen LogP contribution >= 0.6 is 0 Å². The minimum absolute atomic E-state index is 0.0330. The number of amides is 1. The summed E-state index contributed by atoms with van der Waals surface area (Å²) in [6, 6.07) is 16.5. The Hall–Kier alpha value is -3.41. The van der Waals surface area contributed by atoms with Crippen molar-refractivity contribution in [3.63, 3.8) is 0 Å². The van der Waals surface area contributed by atoms with Gasteiger partial charge in [-0.3, -0.25) is 9.59 Å². The van der Waals surface area contributed by atoms with Gasteiger partial charge in [-0.1, -0.05) is 55.3 Å². The average Bonchev–Trinajstić information content (AvgIpc) is 3.36. The summed E-state index contributed by atoms with van der Waals surface area (Å²) in [5, 5.41) is 0. The van der Waals surface area contributed by atoms with Gasteiger partial charge >= 0.3 is 11.9 Å². The fourth-order valence-electron chi connectivity index (χ4n) is 3.99. The zero-order valence-electron chi connectivity index (χ0n) is 19.3. The van der Waals surface area contributed by atoms with Crippen molar-refractivity contribution < 1.29 is 23.9 Å². The van der Waals surface area contributed by atoms with Gasteiger partial charge < -0.3 is 14.4 Å². The van der Waals surface area contributed by atoms with Crippen molar-refractivity contribution in [1.82, 2.24) is 4.90 Å². The lowest BCUT2D eigenvalue weighted by Crippen LogP contribution is -2.43. The molecule has 6 nitrogen and oxygen atoms in total. The Bertz CT molecular complexity index is 975. The Morgan fingerprint density at radius 2 is 1.64 bits per heavy atom. The predicted octanol–water partition coefficient (Wildman–Crippen LogP) is 4.78. The molecule has 1 aliphatic rings. The van der Waals surface area contributed by atoms with Crippen LogP contribution in [0, 0.1) is 0 Å². The van der Waals surface area contributed by atoms with Gasteiger partial charge in [-0.2, -0.15) is 0 Å². The van der Waals surface area contributed by atoms with E-state index in [1.807, 2.05) is 30.3 Å². The van der Waals surface area contributed by atoms with Gasteiger partial charge in [-0.05, 0) is 56.0 Å². The minimum Gasteiger partial charge on any atom is -0.465 e. The fraction of sp³-hybridized carbons (Fsp3) is 0.370. The van der Waals surface area contributed by atoms with Crippen LogP contribution in [0.25, 0.3) is 6.08 Å². The van der Waals surface area contributed by atoms with Crippen LogP contribution in [0.2, 0.25) is 0 Å². The number of nitrogens with zero attached hydrogens (tertiary/aromatic N) is 1. The van der Waals surface area contributed by atoms with Crippen molar-refractivity contribution in [3.05, 3.63) is 76.9 Å². The summed E-state index contributed by atoms with van der Waals surface area (Å²) in [4.78, 5) is 39.2. The summed E-state index contributed by atoms with van der Waals surface area (Å²) in [5.41, 5.74) is 2.70. The molecule has 1 saturated carbocycles. The van der Waals surface area contributed by atoms with Gasteiger partial charge in [0, 0.05) is 11.6 Å². The van der Waals surface area contributed by atoms with E-state index in [1.54, 1.807) is 49.1 Å². The quantitative estimate of drug-likeness (QED) is 0.407. The number of hydrogen-bond acceptors (Lipinski definition) is 5. The number of esters is 2. The highest BCUT2D eigenvalue weighted by Crippen LogP contribution is 2.25. The molecule has 0 atom stereocenters. The normalized spacial score (nSPS) is 14.1. The molecular formula is C27H31NO5. The first-order valence-electron chi connectivity index (χ1n) is 11.4. The Labute approximate surface area is 195 Å². The topological polar surface area (TPSA) is 72.9 Å². The first kappa shape index (κ1) is 24.2. The molecule has 0 saturated heterocycles. The number of rotatable bonds is 9. The zero-order valence-corrected chi connectivity index (χ0v) is 19.3. The maximum atomic E-state index is 13.1. The number of carbonyl (C=O) groups excluding carboxylic acids is 3. The molecule has 33 heavy (non-hydrogen) atoms. The van der Waals surface area contributed by atoms with Gasteiger partial charge in [-0.25, -0.2) is 4.79 Å². The Kier molecular flexibility index (Phi) is 8.81. The first-order chi connectivity index (χ1) is 16.0. The van der Waals surface area contributed by atoms with Gasteiger partial charge in [0.05, 0.1) is 12.2 Å². The molecule has 2 aromatic rings. The second kappa shape index (κ2) is 12.0. The maximum absolute atomic E-state index is 13.1. The lowest BCUT2D eigenvalue weighted by atomic mass is 10.1. The average molecular weight is 450 g/mol. The van der Waals surface area contributed by atoms with E-state index in [0.717, 1.165) is 36.8 Å². The van der Waals surface area contributed by atoms with E-state index >= 15 is 0 Å². The molecule has 1 amide bonds. The molecule has 0 N–H and O–H groups in total. The number of ether oxygens (including phenoxy) is 2. The van der Waals surface area contributed by atoms with E-state index in [-0.39, 0.29) is 31.1 Å². The van der Waals surface area contributed by atoms with Crippen LogP contribution in [-0.4, -0.2) is 41.9 Å². The third kappa shape index (κ3) is 7.04. The smallest absolute Gasteiger partial charge is 0.338 e. The number of hydrogen-bond donors (Lipinski definition) is 0. The summed E-state index contributed by atoms with van der Waals surface area (Å²) in [6.07, 6.45) is 5.69. The van der Waals surface area contributed by atoms with Crippen LogP contribution in [0.4, 0.5) is 0 Å². The Morgan fingerprint density at radius 1 is 0.970 bits per heavy atom. The fourth-order valence-corrected chi connectivity index (χ4v) is 3.99. The largest absolute Gasteiger partial charge is 0.465 e. The van der Waals surface area contributed by atoms with E-state index in [4.69, 9.17) is 9.47 Å². The van der Waals surface area contributed by atoms with Crippen molar-refractivity contribution in [2.75, 3.05) is 13.2 Å².